The number of halogens is 1. The Morgan fingerprint density at radius 1 is 1.46 bits per heavy atom. The van der Waals surface area contributed by atoms with E-state index in [2.05, 4.69) is 25.6 Å². The van der Waals surface area contributed by atoms with E-state index in [0.717, 1.165) is 28.6 Å². The number of aliphatic imine (C=N–C) groups is 1. The average Bonchev–Trinajstić information content (AvgIpc) is 3.20. The second-order valence-electron chi connectivity index (χ2n) is 6.13. The van der Waals surface area contributed by atoms with Crippen LogP contribution in [-0.2, 0) is 6.54 Å². The maximum absolute atomic E-state index is 13.9. The third-order valence-corrected chi connectivity index (χ3v) is 4.97. The van der Waals surface area contributed by atoms with Gasteiger partial charge in [0.2, 0.25) is 0 Å². The molecule has 0 aliphatic heterocycles. The Bertz CT molecular complexity index is 727. The highest BCUT2D eigenvalue weighted by Gasteiger charge is 2.40. The van der Waals surface area contributed by atoms with Crippen LogP contribution >= 0.6 is 11.3 Å². The van der Waals surface area contributed by atoms with Crippen molar-refractivity contribution in [2.45, 2.75) is 38.8 Å². The Hall–Kier alpha value is -1.95. The van der Waals surface area contributed by atoms with Gasteiger partial charge in [0.15, 0.2) is 5.96 Å². The van der Waals surface area contributed by atoms with E-state index in [4.69, 9.17) is 0 Å². The van der Waals surface area contributed by atoms with Gasteiger partial charge >= 0.3 is 0 Å². The third kappa shape index (κ3) is 3.93. The Morgan fingerprint density at radius 2 is 2.25 bits per heavy atom. The number of hydrogen-bond acceptors (Lipinski definition) is 3. The van der Waals surface area contributed by atoms with Crippen molar-refractivity contribution in [3.63, 3.8) is 0 Å². The van der Waals surface area contributed by atoms with Crippen molar-refractivity contribution in [3.05, 3.63) is 51.7 Å². The molecule has 1 heterocycles. The predicted octanol–water partition coefficient (Wildman–Crippen LogP) is 3.54. The second-order valence-corrected chi connectivity index (χ2v) is 7.19. The van der Waals surface area contributed by atoms with E-state index < -0.39 is 0 Å². The number of guanidine groups is 1. The number of hydrogen-bond donors (Lipinski definition) is 1. The lowest BCUT2D eigenvalue weighted by Crippen LogP contribution is -2.40. The number of nitrogens with zero attached hydrogens (tertiary/aromatic N) is 3. The number of nitrogens with one attached hydrogen (secondary N) is 1. The van der Waals surface area contributed by atoms with E-state index in [-0.39, 0.29) is 17.8 Å². The number of rotatable bonds is 5. The zero-order valence-corrected chi connectivity index (χ0v) is 15.1. The molecule has 1 fully saturated rings. The molecule has 3 rings (SSSR count). The first kappa shape index (κ1) is 16.9. The molecular formula is C18H23FN4S. The first-order valence-electron chi connectivity index (χ1n) is 8.26. The average molecular weight is 346 g/mol. The van der Waals surface area contributed by atoms with Crippen molar-refractivity contribution < 1.29 is 4.39 Å². The van der Waals surface area contributed by atoms with Crippen LogP contribution < -0.4 is 5.32 Å². The van der Waals surface area contributed by atoms with Gasteiger partial charge in [0.25, 0.3) is 0 Å². The van der Waals surface area contributed by atoms with Gasteiger partial charge in [0.05, 0.1) is 17.2 Å². The molecule has 0 spiro atoms. The van der Waals surface area contributed by atoms with Crippen LogP contribution in [0.1, 0.15) is 35.5 Å². The Balaban J connectivity index is 1.63. The van der Waals surface area contributed by atoms with Gasteiger partial charge in [-0.1, -0.05) is 18.2 Å². The Labute approximate surface area is 146 Å². The van der Waals surface area contributed by atoms with E-state index in [1.807, 2.05) is 33.0 Å². The van der Waals surface area contributed by atoms with Gasteiger partial charge in [0, 0.05) is 30.9 Å². The summed E-state index contributed by atoms with van der Waals surface area (Å²) in [6.07, 6.45) is 0.938. The molecular weight excluding hydrogens is 323 g/mol. The van der Waals surface area contributed by atoms with Gasteiger partial charge in [-0.25, -0.2) is 9.37 Å². The Morgan fingerprint density at radius 3 is 2.92 bits per heavy atom. The number of aromatic nitrogens is 1. The minimum atomic E-state index is -0.118. The largest absolute Gasteiger partial charge is 0.353 e. The molecule has 0 amide bonds. The van der Waals surface area contributed by atoms with Gasteiger partial charge in [-0.3, -0.25) is 4.99 Å². The molecule has 128 valence electrons. The molecule has 6 heteroatoms. The van der Waals surface area contributed by atoms with Gasteiger partial charge in [-0.15, -0.1) is 11.3 Å². The molecule has 1 N–H and O–H groups in total. The van der Waals surface area contributed by atoms with Crippen molar-refractivity contribution in [2.24, 2.45) is 4.99 Å². The van der Waals surface area contributed by atoms with Crippen molar-refractivity contribution in [1.29, 1.82) is 0 Å². The highest BCUT2D eigenvalue weighted by atomic mass is 32.1. The molecule has 1 aliphatic rings. The quantitative estimate of drug-likeness (QED) is 0.665. The van der Waals surface area contributed by atoms with Crippen LogP contribution in [0.4, 0.5) is 4.39 Å². The highest BCUT2D eigenvalue weighted by Crippen LogP contribution is 2.41. The molecule has 0 bridgehead atoms. The van der Waals surface area contributed by atoms with E-state index in [1.165, 1.54) is 6.07 Å². The van der Waals surface area contributed by atoms with Crippen molar-refractivity contribution in [2.75, 3.05) is 13.6 Å². The summed E-state index contributed by atoms with van der Waals surface area (Å²) in [5, 5.41) is 6.63. The first-order valence-corrected chi connectivity index (χ1v) is 9.14. The normalized spacial score (nSPS) is 20.1. The third-order valence-electron chi connectivity index (χ3n) is 4.14. The van der Waals surface area contributed by atoms with Crippen LogP contribution in [0.3, 0.4) is 0 Å². The summed E-state index contributed by atoms with van der Waals surface area (Å²) in [5.74, 6) is 0.960. The van der Waals surface area contributed by atoms with Crippen LogP contribution in [0.2, 0.25) is 0 Å². The van der Waals surface area contributed by atoms with Crippen LogP contribution in [0, 0.1) is 12.7 Å². The van der Waals surface area contributed by atoms with Gasteiger partial charge in [-0.2, -0.15) is 0 Å². The fourth-order valence-electron chi connectivity index (χ4n) is 2.86. The summed E-state index contributed by atoms with van der Waals surface area (Å²) >= 11 is 1.66. The lowest BCUT2D eigenvalue weighted by Gasteiger charge is -2.22. The summed E-state index contributed by atoms with van der Waals surface area (Å²) in [6.45, 7) is 5.45. The van der Waals surface area contributed by atoms with Crippen molar-refractivity contribution in [3.8, 4) is 0 Å². The molecule has 2 unspecified atom stereocenters. The number of benzene rings is 1. The fourth-order valence-corrected chi connectivity index (χ4v) is 3.47. The molecule has 24 heavy (non-hydrogen) atoms. The second kappa shape index (κ2) is 7.30. The zero-order chi connectivity index (χ0) is 17.1. The van der Waals surface area contributed by atoms with Gasteiger partial charge < -0.3 is 10.2 Å². The maximum atomic E-state index is 13.9. The fraction of sp³-hybridized carbons (Fsp3) is 0.444. The number of aryl methyl sites for hydroxylation is 1. The molecule has 2 aromatic rings. The summed E-state index contributed by atoms with van der Waals surface area (Å²) in [7, 11) is 2.01. The van der Waals surface area contributed by atoms with Crippen molar-refractivity contribution >= 4 is 17.3 Å². The lowest BCUT2D eigenvalue weighted by molar-refractivity contribution is 0.468. The molecule has 2 atom stereocenters. The maximum Gasteiger partial charge on any atom is 0.194 e. The SMILES string of the molecule is CCN=C(NC1CC1c1ccccc1F)N(C)Cc1csc(C)n1. The monoisotopic (exact) mass is 346 g/mol. The topological polar surface area (TPSA) is 40.5 Å². The molecule has 1 saturated carbocycles. The molecule has 1 aromatic carbocycles. The van der Waals surface area contributed by atoms with Crippen LogP contribution in [0.5, 0.6) is 0 Å². The molecule has 4 nitrogen and oxygen atoms in total. The van der Waals surface area contributed by atoms with E-state index in [9.17, 15) is 4.39 Å². The van der Waals surface area contributed by atoms with Crippen LogP contribution in [0.15, 0.2) is 34.6 Å². The molecule has 0 radical (unpaired) electrons. The minimum Gasteiger partial charge on any atom is -0.353 e. The lowest BCUT2D eigenvalue weighted by atomic mass is 10.1. The molecule has 1 aliphatic carbocycles. The summed E-state index contributed by atoms with van der Waals surface area (Å²) in [6, 6.07) is 7.28. The Kier molecular flexibility index (Phi) is 5.14. The van der Waals surface area contributed by atoms with E-state index in [0.29, 0.717) is 13.1 Å². The van der Waals surface area contributed by atoms with E-state index >= 15 is 0 Å². The van der Waals surface area contributed by atoms with Gasteiger partial charge in [0.1, 0.15) is 5.82 Å². The smallest absolute Gasteiger partial charge is 0.194 e. The molecule has 1 aromatic heterocycles. The standard InChI is InChI=1S/C18H23FN4S/c1-4-20-18(23(3)10-13-11-24-12(2)21-13)22-17-9-15(17)14-7-5-6-8-16(14)19/h5-8,11,15,17H,4,9-10H2,1-3H3,(H,20,22). The predicted molar refractivity (Wildman–Crippen MR) is 97.0 cm³/mol. The molecule has 0 saturated heterocycles. The highest BCUT2D eigenvalue weighted by molar-refractivity contribution is 7.09. The van der Waals surface area contributed by atoms with Crippen LogP contribution in [-0.4, -0.2) is 35.5 Å². The van der Waals surface area contributed by atoms with Crippen molar-refractivity contribution in [1.82, 2.24) is 15.2 Å². The van der Waals surface area contributed by atoms with Crippen LogP contribution in [0.25, 0.3) is 0 Å². The van der Waals surface area contributed by atoms with Gasteiger partial charge in [-0.05, 0) is 31.9 Å². The number of thiazole rings is 1. The minimum absolute atomic E-state index is 0.118. The zero-order valence-electron chi connectivity index (χ0n) is 14.3. The summed E-state index contributed by atoms with van der Waals surface area (Å²) in [4.78, 5) is 11.2. The first-order chi connectivity index (χ1) is 11.6. The summed E-state index contributed by atoms with van der Waals surface area (Å²) < 4.78 is 13.9. The van der Waals surface area contributed by atoms with E-state index in [1.54, 1.807) is 17.4 Å². The summed E-state index contributed by atoms with van der Waals surface area (Å²) in [5.41, 5.74) is 1.84.